The third kappa shape index (κ3) is 12.0. The SMILES string of the molecule is CC(C)(C)c1ccc2c(c1)c1cc(C(C)(C)C)ccc1n2-c1cc(COC(=O)c2cc(C(=O)OCc3ccc4c(c3)c3ccccc3n4-c3ccc(-c4ccc(-n5c6ccccc6c6ccccc65)cc4)cc3)cc(S(=O)[O-])c2)cc(-n2c3ccc(C(C)(C)C)cc3c3cc(C(C)(C)C)ccc32)n1. The molecule has 512 valence electrons. The minimum Gasteiger partial charge on any atom is -0.768 e. The Morgan fingerprint density at radius 3 is 1.01 bits per heavy atom. The molecule has 0 aliphatic heterocycles. The molecule has 0 saturated heterocycles. The maximum absolute atomic E-state index is 14.7. The molecular formula is C91H80N5O6S-. The van der Waals surface area contributed by atoms with Crippen LogP contribution in [0, 0.1) is 0 Å². The summed E-state index contributed by atoms with van der Waals surface area (Å²) < 4.78 is 46.9. The van der Waals surface area contributed by atoms with Crippen LogP contribution in [0.15, 0.2) is 248 Å². The molecule has 0 aliphatic carbocycles. The first-order chi connectivity index (χ1) is 49.2. The molecule has 0 N–H and O–H groups in total. The Hall–Kier alpha value is -11.2. The number of fused-ring (bicyclic) bond motifs is 12. The second kappa shape index (κ2) is 24.8. The van der Waals surface area contributed by atoms with E-state index in [1.807, 2.05) is 42.5 Å². The number of nitrogens with zero attached hydrogens (tertiary/aromatic N) is 5. The fourth-order valence-corrected chi connectivity index (χ4v) is 15.3. The number of ether oxygens (including phenoxy) is 2. The Bertz CT molecular complexity index is 5810. The minimum atomic E-state index is -2.83. The van der Waals surface area contributed by atoms with Crippen LogP contribution < -0.4 is 0 Å². The Morgan fingerprint density at radius 1 is 0.340 bits per heavy atom. The van der Waals surface area contributed by atoms with Gasteiger partial charge in [-0.15, -0.1) is 0 Å². The molecule has 16 rings (SSSR count). The van der Waals surface area contributed by atoms with Crippen LogP contribution in [0.2, 0.25) is 0 Å². The lowest BCUT2D eigenvalue weighted by molar-refractivity contribution is 0.0469. The monoisotopic (exact) mass is 1370 g/mol. The zero-order valence-corrected chi connectivity index (χ0v) is 60.9. The topological polar surface area (TPSA) is 125 Å². The maximum atomic E-state index is 14.7. The molecule has 1 unspecified atom stereocenters. The molecule has 0 saturated carbocycles. The number of pyridine rings is 1. The van der Waals surface area contributed by atoms with Gasteiger partial charge in [-0.2, -0.15) is 0 Å². The van der Waals surface area contributed by atoms with Crippen LogP contribution in [0.5, 0.6) is 0 Å². The molecule has 11 nitrogen and oxygen atoms in total. The second-order valence-corrected chi connectivity index (χ2v) is 32.5. The van der Waals surface area contributed by atoms with Gasteiger partial charge in [0.05, 0.1) is 55.3 Å². The zero-order chi connectivity index (χ0) is 71.8. The van der Waals surface area contributed by atoms with Gasteiger partial charge in [0.25, 0.3) is 0 Å². The summed E-state index contributed by atoms with van der Waals surface area (Å²) in [4.78, 5) is 34.3. The predicted octanol–water partition coefficient (Wildman–Crippen LogP) is 22.3. The highest BCUT2D eigenvalue weighted by molar-refractivity contribution is 7.79. The standard InChI is InChI=1S/C91H81N5O6S/c1-88(2,3)61-30-39-80-72(49-61)73-50-62(89(4,5)6)31-40-81(73)95(80)84-44-56(45-85(92-84)96-82-41-32-63(90(7,8)9)51-74(82)75-52-64(91(10,11)12)33-42-83(75)96)54-102-87(98)60-46-59(47-67(48-60)103(99)100)86(97)101-53-55-25-38-79-71(43-55)70-21-15-18-24-78(70)94(79)66-36-28-58(29-37-66)57-26-34-65(35-27-57)93-76-22-16-13-19-68(76)69-20-14-17-23-77(69)93/h13-52H,53-54H2,1-12H3,(H,99,100)/p-1. The quantitative estimate of drug-likeness (QED) is 0.0881. The average Bonchev–Trinajstić information content (AvgIpc) is 1.58. The number of para-hydroxylation sites is 3. The lowest BCUT2D eigenvalue weighted by Gasteiger charge is -2.19. The summed E-state index contributed by atoms with van der Waals surface area (Å²) in [6.45, 7) is 26.4. The van der Waals surface area contributed by atoms with E-state index in [-0.39, 0.29) is 50.9 Å². The predicted molar refractivity (Wildman–Crippen MR) is 420 cm³/mol. The highest BCUT2D eigenvalue weighted by Crippen LogP contribution is 2.42. The molecule has 5 aromatic heterocycles. The maximum Gasteiger partial charge on any atom is 0.338 e. The van der Waals surface area contributed by atoms with Gasteiger partial charge in [0, 0.05) is 59.4 Å². The Balaban J connectivity index is 0.703. The largest absolute Gasteiger partial charge is 0.768 e. The fraction of sp³-hybridized carbons (Fsp3) is 0.198. The molecule has 0 radical (unpaired) electrons. The summed E-state index contributed by atoms with van der Waals surface area (Å²) in [6.07, 6.45) is 0. The van der Waals surface area contributed by atoms with Crippen molar-refractivity contribution < 1.29 is 27.8 Å². The van der Waals surface area contributed by atoms with Crippen molar-refractivity contribution in [1.82, 2.24) is 23.3 Å². The molecule has 11 aromatic carbocycles. The number of benzene rings is 11. The van der Waals surface area contributed by atoms with Gasteiger partial charge in [-0.05, 0) is 211 Å². The van der Waals surface area contributed by atoms with Crippen LogP contribution in [0.4, 0.5) is 0 Å². The van der Waals surface area contributed by atoms with Crippen LogP contribution in [0.3, 0.4) is 0 Å². The van der Waals surface area contributed by atoms with Crippen molar-refractivity contribution in [2.45, 2.75) is 123 Å². The van der Waals surface area contributed by atoms with Crippen LogP contribution >= 0.6 is 0 Å². The number of hydrogen-bond donors (Lipinski definition) is 0. The summed E-state index contributed by atoms with van der Waals surface area (Å²) in [5.41, 5.74) is 17.9. The third-order valence-corrected chi connectivity index (χ3v) is 21.1. The van der Waals surface area contributed by atoms with Crippen molar-refractivity contribution in [3.8, 4) is 34.1 Å². The smallest absolute Gasteiger partial charge is 0.338 e. The molecule has 103 heavy (non-hydrogen) atoms. The van der Waals surface area contributed by atoms with E-state index in [1.54, 1.807) is 0 Å². The van der Waals surface area contributed by atoms with Gasteiger partial charge in [0.15, 0.2) is 0 Å². The van der Waals surface area contributed by atoms with Gasteiger partial charge in [0.2, 0.25) is 0 Å². The Morgan fingerprint density at radius 2 is 0.650 bits per heavy atom. The van der Waals surface area contributed by atoms with Gasteiger partial charge in [-0.3, -0.25) is 13.3 Å². The van der Waals surface area contributed by atoms with E-state index in [1.165, 1.54) is 62.3 Å². The Kier molecular flexibility index (Phi) is 16.0. The molecule has 12 heteroatoms. The molecule has 0 spiro atoms. The van der Waals surface area contributed by atoms with Crippen LogP contribution in [-0.2, 0) is 55.4 Å². The van der Waals surface area contributed by atoms with Gasteiger partial charge >= 0.3 is 11.9 Å². The minimum absolute atomic E-state index is 0.117. The van der Waals surface area contributed by atoms with Crippen LogP contribution in [0.25, 0.3) is 121 Å². The van der Waals surface area contributed by atoms with E-state index in [4.69, 9.17) is 14.5 Å². The van der Waals surface area contributed by atoms with Crippen LogP contribution in [0.1, 0.15) is 137 Å². The van der Waals surface area contributed by atoms with E-state index in [0.29, 0.717) is 17.2 Å². The van der Waals surface area contributed by atoms with Crippen molar-refractivity contribution in [1.29, 1.82) is 0 Å². The number of carbonyl (C=O) groups excluding carboxylic acids is 2. The first-order valence-corrected chi connectivity index (χ1v) is 36.3. The van der Waals surface area contributed by atoms with Crippen molar-refractivity contribution in [2.24, 2.45) is 0 Å². The summed E-state index contributed by atoms with van der Waals surface area (Å²) in [5, 5.41) is 8.83. The molecule has 16 aromatic rings. The van der Waals surface area contributed by atoms with Gasteiger partial charge in [-0.25, -0.2) is 14.6 Å². The van der Waals surface area contributed by atoms with Crippen LogP contribution in [-0.4, -0.2) is 44.0 Å². The van der Waals surface area contributed by atoms with Crippen molar-refractivity contribution >= 4 is 110 Å². The van der Waals surface area contributed by atoms with E-state index < -0.39 is 23.0 Å². The highest BCUT2D eigenvalue weighted by atomic mass is 32.2. The molecule has 0 aliphatic rings. The number of esters is 2. The third-order valence-electron chi connectivity index (χ3n) is 20.5. The number of aromatic nitrogens is 5. The average molecular weight is 1370 g/mol. The fourth-order valence-electron chi connectivity index (χ4n) is 14.9. The first-order valence-electron chi connectivity index (χ1n) is 35.2. The normalized spacial score (nSPS) is 12.9. The molecule has 0 fully saturated rings. The van der Waals surface area contributed by atoms with Gasteiger partial charge < -0.3 is 23.2 Å². The first kappa shape index (κ1) is 66.4. The lowest BCUT2D eigenvalue weighted by atomic mass is 9.85. The van der Waals surface area contributed by atoms with Crippen molar-refractivity contribution in [3.05, 3.63) is 287 Å². The van der Waals surface area contributed by atoms with Gasteiger partial charge in [-0.1, -0.05) is 192 Å². The summed E-state index contributed by atoms with van der Waals surface area (Å²) in [6, 6.07) is 83.1. The second-order valence-electron chi connectivity index (χ2n) is 31.6. The molecule has 0 amide bonds. The summed E-state index contributed by atoms with van der Waals surface area (Å²) >= 11 is -2.83. The van der Waals surface area contributed by atoms with Crippen molar-refractivity contribution in [3.63, 3.8) is 0 Å². The number of hydrogen-bond acceptors (Lipinski definition) is 7. The number of rotatable bonds is 12. The van der Waals surface area contributed by atoms with Crippen molar-refractivity contribution in [2.75, 3.05) is 0 Å². The molecule has 5 heterocycles. The highest BCUT2D eigenvalue weighted by Gasteiger charge is 2.27. The Labute approximate surface area is 601 Å². The van der Waals surface area contributed by atoms with E-state index in [0.717, 1.165) is 93.5 Å². The van der Waals surface area contributed by atoms with E-state index in [2.05, 4.69) is 283 Å². The van der Waals surface area contributed by atoms with E-state index in [9.17, 15) is 18.4 Å². The molecule has 1 atom stereocenters. The molecule has 0 bridgehead atoms. The zero-order valence-electron chi connectivity index (χ0n) is 60.1. The van der Waals surface area contributed by atoms with Gasteiger partial charge in [0.1, 0.15) is 24.8 Å². The lowest BCUT2D eigenvalue weighted by Crippen LogP contribution is -2.12. The number of carbonyl (C=O) groups is 2. The molecular weight excluding hydrogens is 1290 g/mol. The summed E-state index contributed by atoms with van der Waals surface area (Å²) in [5.74, 6) is -0.408. The summed E-state index contributed by atoms with van der Waals surface area (Å²) in [7, 11) is 0. The van der Waals surface area contributed by atoms with E-state index >= 15 is 0 Å².